The SMILES string of the molecule is c1ccc(-c2ccccc2-c2ccc(N(c3ccc(-c4ccc([Si](c5ccccc5)(c5ccccc5)c5ccccc5)cc4)cc3)c3ccccc3-c3ccccc3)cc2)cc1. The largest absolute Gasteiger partial charge is 0.310 e. The van der Waals surface area contributed by atoms with Gasteiger partial charge in [0, 0.05) is 16.9 Å². The van der Waals surface area contributed by atoms with Crippen LogP contribution in [0.5, 0.6) is 0 Å². The first kappa shape index (κ1) is 38.4. The molecule has 294 valence electrons. The predicted molar refractivity (Wildman–Crippen MR) is 266 cm³/mol. The van der Waals surface area contributed by atoms with Crippen LogP contribution < -0.4 is 25.6 Å². The van der Waals surface area contributed by atoms with Gasteiger partial charge in [-0.1, -0.05) is 243 Å². The Balaban J connectivity index is 1.04. The Hall–Kier alpha value is -7.78. The first-order valence-electron chi connectivity index (χ1n) is 21.3. The number of hydrogen-bond acceptors (Lipinski definition) is 1. The van der Waals surface area contributed by atoms with Crippen LogP contribution in [0.2, 0.25) is 0 Å². The second kappa shape index (κ2) is 17.4. The zero-order valence-corrected chi connectivity index (χ0v) is 35.4. The molecule has 0 saturated heterocycles. The Kier molecular flexibility index (Phi) is 10.8. The van der Waals surface area contributed by atoms with E-state index in [2.05, 4.69) is 278 Å². The number of benzene rings is 10. The molecule has 0 saturated carbocycles. The van der Waals surface area contributed by atoms with E-state index in [0.29, 0.717) is 0 Å². The summed E-state index contributed by atoms with van der Waals surface area (Å²) in [6.07, 6.45) is 0. The van der Waals surface area contributed by atoms with Crippen molar-refractivity contribution in [1.29, 1.82) is 0 Å². The van der Waals surface area contributed by atoms with E-state index in [-0.39, 0.29) is 0 Å². The van der Waals surface area contributed by atoms with Crippen LogP contribution in [0.3, 0.4) is 0 Å². The molecule has 0 bridgehead atoms. The standard InChI is InChI=1S/C60H45NSi/c1-6-20-48(21-7-1)57-30-16-17-31-58(57)50-36-42-52(43-37-50)61(60-33-19-18-32-59(60)49-22-8-2-9-23-49)51-40-34-46(35-41-51)47-38-44-56(45-39-47)62(53-24-10-3-11-25-53,54-26-12-4-13-27-54)55-28-14-5-15-29-55/h1-45H. The van der Waals surface area contributed by atoms with Crippen LogP contribution >= 0.6 is 0 Å². The highest BCUT2D eigenvalue weighted by atomic mass is 28.3. The first-order chi connectivity index (χ1) is 30.8. The molecule has 0 radical (unpaired) electrons. The summed E-state index contributed by atoms with van der Waals surface area (Å²) in [7, 11) is -2.61. The average Bonchev–Trinajstić information content (AvgIpc) is 3.37. The highest BCUT2D eigenvalue weighted by Crippen LogP contribution is 2.42. The summed E-state index contributed by atoms with van der Waals surface area (Å²) < 4.78 is 0. The molecule has 10 aromatic carbocycles. The fraction of sp³-hybridized carbons (Fsp3) is 0. The minimum Gasteiger partial charge on any atom is -0.310 e. The van der Waals surface area contributed by atoms with Crippen molar-refractivity contribution in [2.45, 2.75) is 0 Å². The molecule has 0 aliphatic heterocycles. The van der Waals surface area contributed by atoms with Crippen molar-refractivity contribution in [3.8, 4) is 44.5 Å². The molecule has 0 heterocycles. The Morgan fingerprint density at radius 1 is 0.210 bits per heavy atom. The summed E-state index contributed by atoms with van der Waals surface area (Å²) >= 11 is 0. The van der Waals surface area contributed by atoms with E-state index in [4.69, 9.17) is 0 Å². The maximum atomic E-state index is 2.39. The predicted octanol–water partition coefficient (Wildman–Crippen LogP) is 13.2. The van der Waals surface area contributed by atoms with Crippen molar-refractivity contribution in [3.63, 3.8) is 0 Å². The molecular formula is C60H45NSi. The first-order valence-corrected chi connectivity index (χ1v) is 23.3. The summed E-state index contributed by atoms with van der Waals surface area (Å²) in [6, 6.07) is 99.6. The average molecular weight is 808 g/mol. The minimum absolute atomic E-state index is 1.09. The molecule has 62 heavy (non-hydrogen) atoms. The van der Waals surface area contributed by atoms with Gasteiger partial charge in [-0.15, -0.1) is 0 Å². The zero-order valence-electron chi connectivity index (χ0n) is 34.4. The van der Waals surface area contributed by atoms with Crippen LogP contribution in [0.1, 0.15) is 0 Å². The molecule has 10 rings (SSSR count). The highest BCUT2D eigenvalue weighted by molar-refractivity contribution is 7.19. The highest BCUT2D eigenvalue weighted by Gasteiger charge is 2.41. The van der Waals surface area contributed by atoms with Crippen molar-refractivity contribution in [3.05, 3.63) is 273 Å². The molecular weight excluding hydrogens is 763 g/mol. The quantitative estimate of drug-likeness (QED) is 0.0929. The van der Waals surface area contributed by atoms with Crippen LogP contribution in [-0.2, 0) is 0 Å². The monoisotopic (exact) mass is 807 g/mol. The minimum atomic E-state index is -2.61. The van der Waals surface area contributed by atoms with Gasteiger partial charge in [-0.25, -0.2) is 0 Å². The number of rotatable bonds is 11. The molecule has 0 fully saturated rings. The van der Waals surface area contributed by atoms with Crippen molar-refractivity contribution < 1.29 is 0 Å². The topological polar surface area (TPSA) is 3.24 Å². The summed E-state index contributed by atoms with van der Waals surface area (Å²) in [6.45, 7) is 0. The molecule has 0 aliphatic carbocycles. The fourth-order valence-corrected chi connectivity index (χ4v) is 13.9. The summed E-state index contributed by atoms with van der Waals surface area (Å²) in [4.78, 5) is 2.39. The second-order valence-electron chi connectivity index (χ2n) is 15.6. The lowest BCUT2D eigenvalue weighted by molar-refractivity contribution is 1.28. The molecule has 0 aromatic heterocycles. The van der Waals surface area contributed by atoms with E-state index >= 15 is 0 Å². The lowest BCUT2D eigenvalue weighted by atomic mass is 9.94. The normalized spacial score (nSPS) is 11.2. The van der Waals surface area contributed by atoms with Gasteiger partial charge in [-0.3, -0.25) is 0 Å². The van der Waals surface area contributed by atoms with Gasteiger partial charge in [0.2, 0.25) is 0 Å². The van der Waals surface area contributed by atoms with Gasteiger partial charge < -0.3 is 4.90 Å². The van der Waals surface area contributed by atoms with Crippen molar-refractivity contribution >= 4 is 45.9 Å². The molecule has 0 amide bonds. The Morgan fingerprint density at radius 2 is 0.500 bits per heavy atom. The van der Waals surface area contributed by atoms with Gasteiger partial charge in [0.05, 0.1) is 5.69 Å². The molecule has 1 nitrogen and oxygen atoms in total. The van der Waals surface area contributed by atoms with Crippen molar-refractivity contribution in [2.75, 3.05) is 4.90 Å². The molecule has 2 heteroatoms. The number of anilines is 3. The van der Waals surface area contributed by atoms with Gasteiger partial charge in [-0.05, 0) is 90.0 Å². The van der Waals surface area contributed by atoms with Crippen molar-refractivity contribution in [2.24, 2.45) is 0 Å². The van der Waals surface area contributed by atoms with Crippen LogP contribution in [0.4, 0.5) is 17.1 Å². The fourth-order valence-electron chi connectivity index (χ4n) is 9.13. The van der Waals surface area contributed by atoms with Gasteiger partial charge in [0.15, 0.2) is 8.07 Å². The maximum Gasteiger partial charge on any atom is 0.179 e. The van der Waals surface area contributed by atoms with Crippen molar-refractivity contribution in [1.82, 2.24) is 0 Å². The third-order valence-electron chi connectivity index (χ3n) is 12.1. The van der Waals surface area contributed by atoms with E-state index in [9.17, 15) is 0 Å². The molecule has 0 spiro atoms. The maximum absolute atomic E-state index is 2.61. The number of para-hydroxylation sites is 1. The van der Waals surface area contributed by atoms with Crippen LogP contribution in [0.25, 0.3) is 44.5 Å². The van der Waals surface area contributed by atoms with Crippen LogP contribution in [0.15, 0.2) is 273 Å². The molecule has 10 aromatic rings. The lowest BCUT2D eigenvalue weighted by Crippen LogP contribution is -2.74. The molecule has 0 aliphatic rings. The molecule has 0 unspecified atom stereocenters. The second-order valence-corrected chi connectivity index (χ2v) is 19.5. The van der Waals surface area contributed by atoms with Gasteiger partial charge >= 0.3 is 0 Å². The summed E-state index contributed by atoms with van der Waals surface area (Å²) in [5.74, 6) is 0. The third kappa shape index (κ3) is 7.38. The van der Waals surface area contributed by atoms with E-state index < -0.39 is 8.07 Å². The molecule has 0 N–H and O–H groups in total. The Labute approximate surface area is 366 Å². The third-order valence-corrected chi connectivity index (χ3v) is 16.9. The summed E-state index contributed by atoms with van der Waals surface area (Å²) in [5.41, 5.74) is 12.9. The van der Waals surface area contributed by atoms with E-state index in [1.807, 2.05) is 0 Å². The van der Waals surface area contributed by atoms with Crippen LogP contribution in [-0.4, -0.2) is 8.07 Å². The molecule has 0 atom stereocenters. The van der Waals surface area contributed by atoms with Gasteiger partial charge in [-0.2, -0.15) is 0 Å². The number of nitrogens with zero attached hydrogens (tertiary/aromatic N) is 1. The lowest BCUT2D eigenvalue weighted by Gasteiger charge is -2.34. The van der Waals surface area contributed by atoms with Gasteiger partial charge in [0.1, 0.15) is 0 Å². The number of hydrogen-bond donors (Lipinski definition) is 0. The van der Waals surface area contributed by atoms with Crippen LogP contribution in [0, 0.1) is 0 Å². The summed E-state index contributed by atoms with van der Waals surface area (Å²) in [5, 5.41) is 5.48. The van der Waals surface area contributed by atoms with E-state index in [1.165, 1.54) is 65.3 Å². The zero-order chi connectivity index (χ0) is 41.6. The smallest absolute Gasteiger partial charge is 0.179 e. The Bertz CT molecular complexity index is 2910. The van der Waals surface area contributed by atoms with E-state index in [1.54, 1.807) is 0 Å². The van der Waals surface area contributed by atoms with E-state index in [0.717, 1.165) is 17.1 Å². The van der Waals surface area contributed by atoms with Gasteiger partial charge in [0.25, 0.3) is 0 Å². The Morgan fingerprint density at radius 3 is 0.935 bits per heavy atom.